The van der Waals surface area contributed by atoms with Gasteiger partial charge in [-0.25, -0.2) is 4.79 Å². The summed E-state index contributed by atoms with van der Waals surface area (Å²) in [5.74, 6) is -0.145. The minimum atomic E-state index is -4.67. The van der Waals surface area contributed by atoms with Gasteiger partial charge in [-0.2, -0.15) is 31.3 Å². The average Bonchev–Trinajstić information content (AvgIpc) is 3.45. The number of anilines is 1. The Balaban J connectivity index is 1.23. The van der Waals surface area contributed by atoms with Gasteiger partial charge in [0.1, 0.15) is 0 Å². The van der Waals surface area contributed by atoms with Crippen LogP contribution in [0, 0.1) is 0 Å². The monoisotopic (exact) mass is 577 g/mol. The van der Waals surface area contributed by atoms with E-state index in [-0.39, 0.29) is 55.5 Å². The third-order valence-corrected chi connectivity index (χ3v) is 6.93. The van der Waals surface area contributed by atoms with Gasteiger partial charge in [0.2, 0.25) is 5.82 Å². The molecule has 0 N–H and O–H groups in total. The van der Waals surface area contributed by atoms with Crippen molar-refractivity contribution in [3.8, 4) is 11.6 Å². The molecule has 0 saturated carbocycles. The first-order valence-corrected chi connectivity index (χ1v) is 12.3. The van der Waals surface area contributed by atoms with E-state index in [1.54, 1.807) is 41.3 Å². The van der Waals surface area contributed by atoms with Crippen molar-refractivity contribution in [2.24, 2.45) is 0 Å². The number of hydrogen-bond acceptors (Lipinski definition) is 8. The van der Waals surface area contributed by atoms with Crippen molar-refractivity contribution >= 4 is 11.8 Å². The average molecular weight is 577 g/mol. The van der Waals surface area contributed by atoms with Gasteiger partial charge < -0.3 is 14.2 Å². The summed E-state index contributed by atoms with van der Waals surface area (Å²) in [6.45, 7) is -0.339. The van der Waals surface area contributed by atoms with Crippen LogP contribution in [0.1, 0.15) is 40.2 Å². The van der Waals surface area contributed by atoms with Gasteiger partial charge in [-0.1, -0.05) is 35.5 Å². The van der Waals surface area contributed by atoms with E-state index in [0.717, 1.165) is 12.1 Å². The second-order valence-corrected chi connectivity index (χ2v) is 9.38. The molecule has 0 aliphatic carbocycles. The van der Waals surface area contributed by atoms with Gasteiger partial charge in [0.25, 0.3) is 5.89 Å². The van der Waals surface area contributed by atoms with Crippen LogP contribution in [0.3, 0.4) is 0 Å². The van der Waals surface area contributed by atoms with Crippen molar-refractivity contribution in [3.63, 3.8) is 0 Å². The first kappa shape index (κ1) is 28.1. The number of carbonyl (C=O) groups excluding carboxylic acids is 1. The SMILES string of the molecule is O=C(OCc1noc(-c2ccc(N3CCC(c4ccc(C(F)(F)F)cc4)(C(F)(F)F)CC3)nn2)n1)c1ccccc1. The van der Waals surface area contributed by atoms with Gasteiger partial charge in [-0.05, 0) is 54.8 Å². The molecule has 0 atom stereocenters. The highest BCUT2D eigenvalue weighted by atomic mass is 19.4. The molecule has 5 rings (SSSR count). The maximum atomic E-state index is 14.3. The normalized spacial score (nSPS) is 15.5. The Kier molecular flexibility index (Phi) is 7.41. The Morgan fingerprint density at radius 2 is 1.59 bits per heavy atom. The van der Waals surface area contributed by atoms with Crippen LogP contribution >= 0.6 is 0 Å². The number of carbonyl (C=O) groups is 1. The molecule has 0 unspecified atom stereocenters. The zero-order chi connectivity index (χ0) is 29.3. The molecule has 1 saturated heterocycles. The van der Waals surface area contributed by atoms with Crippen LogP contribution in [-0.2, 0) is 22.9 Å². The molecule has 0 bridgehead atoms. The lowest BCUT2D eigenvalue weighted by Gasteiger charge is -2.43. The zero-order valence-corrected chi connectivity index (χ0v) is 21.1. The molecule has 2 aromatic carbocycles. The Bertz CT molecular complexity index is 1480. The first-order chi connectivity index (χ1) is 19.5. The maximum absolute atomic E-state index is 14.3. The number of esters is 1. The van der Waals surface area contributed by atoms with Crippen LogP contribution in [-0.4, -0.2) is 45.6 Å². The third kappa shape index (κ3) is 5.86. The maximum Gasteiger partial charge on any atom is 0.416 e. The minimum absolute atomic E-state index is 0.00634. The highest BCUT2D eigenvalue weighted by Crippen LogP contribution is 2.49. The molecule has 0 radical (unpaired) electrons. The fourth-order valence-corrected chi connectivity index (χ4v) is 4.64. The van der Waals surface area contributed by atoms with Crippen LogP contribution < -0.4 is 4.90 Å². The van der Waals surface area contributed by atoms with Gasteiger partial charge in [0, 0.05) is 13.1 Å². The third-order valence-electron chi connectivity index (χ3n) is 6.93. The predicted molar refractivity (Wildman–Crippen MR) is 132 cm³/mol. The molecule has 1 aliphatic rings. The van der Waals surface area contributed by atoms with Gasteiger partial charge in [-0.15, -0.1) is 10.2 Å². The smallest absolute Gasteiger partial charge is 0.416 e. The topological polar surface area (TPSA) is 94.2 Å². The highest BCUT2D eigenvalue weighted by Gasteiger charge is 2.56. The Hall–Kier alpha value is -4.49. The van der Waals surface area contributed by atoms with E-state index >= 15 is 0 Å². The van der Waals surface area contributed by atoms with Crippen LogP contribution in [0.25, 0.3) is 11.6 Å². The van der Waals surface area contributed by atoms with Gasteiger partial charge in [0.15, 0.2) is 18.1 Å². The molecule has 1 aliphatic heterocycles. The molecule has 0 amide bonds. The lowest BCUT2D eigenvalue weighted by atomic mass is 9.72. The largest absolute Gasteiger partial charge is 0.454 e. The fraction of sp³-hybridized carbons (Fsp3) is 0.296. The number of rotatable bonds is 6. The van der Waals surface area contributed by atoms with Crippen LogP contribution in [0.5, 0.6) is 0 Å². The first-order valence-electron chi connectivity index (χ1n) is 12.3. The number of aromatic nitrogens is 4. The number of halogens is 6. The molecule has 3 heterocycles. The van der Waals surface area contributed by atoms with Crippen molar-refractivity contribution in [2.45, 2.75) is 37.2 Å². The van der Waals surface area contributed by atoms with Crippen molar-refractivity contribution in [1.82, 2.24) is 20.3 Å². The van der Waals surface area contributed by atoms with E-state index in [2.05, 4.69) is 20.3 Å². The summed E-state index contributed by atoms with van der Waals surface area (Å²) in [5, 5.41) is 11.9. The van der Waals surface area contributed by atoms with E-state index in [4.69, 9.17) is 9.26 Å². The second-order valence-electron chi connectivity index (χ2n) is 9.38. The number of nitrogens with zero attached hydrogens (tertiary/aromatic N) is 5. The molecular weight excluding hydrogens is 556 g/mol. The fourth-order valence-electron chi connectivity index (χ4n) is 4.64. The lowest BCUT2D eigenvalue weighted by molar-refractivity contribution is -0.196. The molecule has 8 nitrogen and oxygen atoms in total. The predicted octanol–water partition coefficient (Wildman–Crippen LogP) is 6.00. The summed E-state index contributed by atoms with van der Waals surface area (Å²) < 4.78 is 91.8. The molecule has 214 valence electrons. The highest BCUT2D eigenvalue weighted by molar-refractivity contribution is 5.89. The van der Waals surface area contributed by atoms with Gasteiger partial charge in [0.05, 0.1) is 16.5 Å². The van der Waals surface area contributed by atoms with Gasteiger partial charge in [-0.3, -0.25) is 0 Å². The molecule has 1 fully saturated rings. The van der Waals surface area contributed by atoms with Gasteiger partial charge >= 0.3 is 18.3 Å². The molecule has 0 spiro atoms. The molecule has 41 heavy (non-hydrogen) atoms. The van der Waals surface area contributed by atoms with E-state index in [0.29, 0.717) is 23.5 Å². The number of alkyl halides is 6. The van der Waals surface area contributed by atoms with E-state index in [1.807, 2.05) is 0 Å². The summed E-state index contributed by atoms with van der Waals surface area (Å²) >= 11 is 0. The summed E-state index contributed by atoms with van der Waals surface area (Å²) in [7, 11) is 0. The van der Waals surface area contributed by atoms with Crippen molar-refractivity contribution in [3.05, 3.63) is 89.2 Å². The minimum Gasteiger partial charge on any atom is -0.454 e. The second kappa shape index (κ2) is 10.8. The van der Waals surface area contributed by atoms with Crippen molar-refractivity contribution < 1.29 is 40.4 Å². The number of benzene rings is 2. The summed E-state index contributed by atoms with van der Waals surface area (Å²) in [6.07, 6.45) is -10.1. The van der Waals surface area contributed by atoms with E-state index < -0.39 is 29.3 Å². The molecule has 4 aromatic rings. The number of piperidine rings is 1. The van der Waals surface area contributed by atoms with E-state index in [1.165, 1.54) is 6.07 Å². The Morgan fingerprint density at radius 1 is 0.902 bits per heavy atom. The van der Waals surface area contributed by atoms with Crippen LogP contribution in [0.2, 0.25) is 0 Å². The van der Waals surface area contributed by atoms with Crippen LogP contribution in [0.15, 0.2) is 71.3 Å². The van der Waals surface area contributed by atoms with Crippen molar-refractivity contribution in [2.75, 3.05) is 18.0 Å². The molecule has 14 heteroatoms. The summed E-state index contributed by atoms with van der Waals surface area (Å²) in [6, 6.07) is 14.6. The quantitative estimate of drug-likeness (QED) is 0.203. The standard InChI is InChI=1S/C27H21F6N5O3/c28-26(29,30)19-8-6-18(7-9-19)25(27(31,32)33)12-14-38(15-13-25)22-11-10-20(35-36-22)23-34-21(37-41-23)16-40-24(39)17-4-2-1-3-5-17/h1-11H,12-16H2. The van der Waals surface area contributed by atoms with Crippen LogP contribution in [0.4, 0.5) is 32.2 Å². The molecular formula is C27H21F6N5O3. The van der Waals surface area contributed by atoms with E-state index in [9.17, 15) is 31.1 Å². The summed E-state index contributed by atoms with van der Waals surface area (Å²) in [5.41, 5.74) is -2.94. The Morgan fingerprint density at radius 3 is 2.17 bits per heavy atom. The number of ether oxygens (including phenoxy) is 1. The zero-order valence-electron chi connectivity index (χ0n) is 21.1. The van der Waals surface area contributed by atoms with Crippen molar-refractivity contribution in [1.29, 1.82) is 0 Å². The Labute approximate surface area is 229 Å². The lowest BCUT2D eigenvalue weighted by Crippen LogP contribution is -2.51. The number of hydrogen-bond donors (Lipinski definition) is 0. The summed E-state index contributed by atoms with van der Waals surface area (Å²) in [4.78, 5) is 17.8. The molecule has 2 aromatic heterocycles.